The second-order valence-corrected chi connectivity index (χ2v) is 7.61. The van der Waals surface area contributed by atoms with Gasteiger partial charge in [-0.2, -0.15) is 0 Å². The van der Waals surface area contributed by atoms with Gasteiger partial charge in [0.15, 0.2) is 0 Å². The van der Waals surface area contributed by atoms with Crippen LogP contribution in [-0.4, -0.2) is 15.9 Å². The van der Waals surface area contributed by atoms with Crippen molar-refractivity contribution in [2.75, 3.05) is 5.32 Å². The summed E-state index contributed by atoms with van der Waals surface area (Å²) < 4.78 is 13.1. The summed E-state index contributed by atoms with van der Waals surface area (Å²) in [5.74, 6) is -0.0409. The number of hydrogen-bond donors (Lipinski definition) is 2. The Balaban J connectivity index is 1.42. The highest BCUT2D eigenvalue weighted by atomic mass is 19.1. The highest BCUT2D eigenvalue weighted by Crippen LogP contribution is 2.21. The van der Waals surface area contributed by atoms with Crippen LogP contribution in [0.5, 0.6) is 0 Å². The van der Waals surface area contributed by atoms with Crippen LogP contribution in [0, 0.1) is 12.7 Å². The Hall–Kier alpha value is -4.06. The van der Waals surface area contributed by atoms with Gasteiger partial charge in [-0.3, -0.25) is 4.79 Å². The Morgan fingerprint density at radius 3 is 2.28 bits per heavy atom. The summed E-state index contributed by atoms with van der Waals surface area (Å²) in [7, 11) is 0. The molecule has 0 spiro atoms. The van der Waals surface area contributed by atoms with Crippen LogP contribution in [0.15, 0.2) is 85.2 Å². The van der Waals surface area contributed by atoms with Gasteiger partial charge in [-0.15, -0.1) is 0 Å². The molecule has 1 heterocycles. The van der Waals surface area contributed by atoms with E-state index in [0.717, 1.165) is 16.7 Å². The van der Waals surface area contributed by atoms with Gasteiger partial charge in [-0.1, -0.05) is 48.0 Å². The molecule has 0 saturated heterocycles. The first-order valence-electron chi connectivity index (χ1n) is 10.3. The number of rotatable bonds is 6. The maximum absolute atomic E-state index is 13.1. The van der Waals surface area contributed by atoms with Crippen molar-refractivity contribution in [2.45, 2.75) is 19.9 Å². The largest absolute Gasteiger partial charge is 0.346 e. The van der Waals surface area contributed by atoms with Crippen LogP contribution in [0.25, 0.3) is 11.1 Å². The molecule has 0 aliphatic rings. The molecule has 0 unspecified atom stereocenters. The molecule has 0 aliphatic heterocycles. The molecule has 1 aromatic heterocycles. The number of carbonyl (C=O) groups excluding carboxylic acids is 1. The van der Waals surface area contributed by atoms with E-state index in [2.05, 4.69) is 20.6 Å². The van der Waals surface area contributed by atoms with E-state index in [9.17, 15) is 9.18 Å². The number of aromatic nitrogens is 2. The molecule has 0 aliphatic carbocycles. The van der Waals surface area contributed by atoms with E-state index in [1.54, 1.807) is 42.7 Å². The summed E-state index contributed by atoms with van der Waals surface area (Å²) in [6, 6.07) is 21.3. The molecule has 2 N–H and O–H groups in total. The van der Waals surface area contributed by atoms with Crippen molar-refractivity contribution in [3.05, 3.63) is 108 Å². The lowest BCUT2D eigenvalue weighted by Crippen LogP contribution is -2.26. The topological polar surface area (TPSA) is 66.9 Å². The number of nitrogens with one attached hydrogen (secondary N) is 2. The molecule has 160 valence electrons. The van der Waals surface area contributed by atoms with E-state index < -0.39 is 0 Å². The molecule has 3 aromatic carbocycles. The number of anilines is 2. The van der Waals surface area contributed by atoms with Crippen LogP contribution in [0.2, 0.25) is 0 Å². The van der Waals surface area contributed by atoms with Crippen LogP contribution < -0.4 is 10.6 Å². The average molecular weight is 426 g/mol. The van der Waals surface area contributed by atoms with Gasteiger partial charge in [0, 0.05) is 29.2 Å². The number of carbonyl (C=O) groups is 1. The quantitative estimate of drug-likeness (QED) is 0.407. The van der Waals surface area contributed by atoms with Crippen molar-refractivity contribution >= 4 is 17.5 Å². The van der Waals surface area contributed by atoms with Crippen LogP contribution in [0.1, 0.15) is 34.5 Å². The SMILES string of the molecule is Cc1ccc([C@H](C)NC(=O)c2cccc(Nc3ncc(-c4ccc(F)cc4)cn3)c2)cc1. The number of aryl methyl sites for hydroxylation is 1. The fourth-order valence-electron chi connectivity index (χ4n) is 3.27. The molecule has 32 heavy (non-hydrogen) atoms. The maximum atomic E-state index is 13.1. The lowest BCUT2D eigenvalue weighted by atomic mass is 10.1. The van der Waals surface area contributed by atoms with E-state index in [4.69, 9.17) is 0 Å². The van der Waals surface area contributed by atoms with Crippen LogP contribution >= 0.6 is 0 Å². The van der Waals surface area contributed by atoms with Gasteiger partial charge in [-0.05, 0) is 55.3 Å². The first-order chi connectivity index (χ1) is 15.5. The minimum Gasteiger partial charge on any atom is -0.346 e. The zero-order chi connectivity index (χ0) is 22.5. The molecule has 6 heteroatoms. The van der Waals surface area contributed by atoms with Gasteiger partial charge in [0.05, 0.1) is 6.04 Å². The molecule has 0 bridgehead atoms. The van der Waals surface area contributed by atoms with E-state index in [1.165, 1.54) is 17.7 Å². The molecule has 1 amide bonds. The molecule has 5 nitrogen and oxygen atoms in total. The Bertz CT molecular complexity index is 1210. The lowest BCUT2D eigenvalue weighted by molar-refractivity contribution is 0.0940. The number of hydrogen-bond acceptors (Lipinski definition) is 4. The fourth-order valence-corrected chi connectivity index (χ4v) is 3.27. The summed E-state index contributed by atoms with van der Waals surface area (Å²) >= 11 is 0. The second-order valence-electron chi connectivity index (χ2n) is 7.61. The van der Waals surface area contributed by atoms with Gasteiger partial charge in [0.2, 0.25) is 5.95 Å². The zero-order valence-electron chi connectivity index (χ0n) is 17.8. The third-order valence-corrected chi connectivity index (χ3v) is 5.14. The summed E-state index contributed by atoms with van der Waals surface area (Å²) in [5.41, 5.74) is 5.09. The van der Waals surface area contributed by atoms with Gasteiger partial charge >= 0.3 is 0 Å². The van der Waals surface area contributed by atoms with Crippen LogP contribution in [-0.2, 0) is 0 Å². The van der Waals surface area contributed by atoms with Crippen LogP contribution in [0.3, 0.4) is 0 Å². The van der Waals surface area contributed by atoms with Crippen LogP contribution in [0.4, 0.5) is 16.0 Å². The van der Waals surface area contributed by atoms with E-state index in [-0.39, 0.29) is 17.8 Å². The number of benzene rings is 3. The monoisotopic (exact) mass is 426 g/mol. The summed E-state index contributed by atoms with van der Waals surface area (Å²) in [6.45, 7) is 3.99. The van der Waals surface area contributed by atoms with Gasteiger partial charge < -0.3 is 10.6 Å². The van der Waals surface area contributed by atoms with Gasteiger partial charge in [-0.25, -0.2) is 14.4 Å². The van der Waals surface area contributed by atoms with Crippen molar-refractivity contribution in [3.63, 3.8) is 0 Å². The van der Waals surface area contributed by atoms with Crippen molar-refractivity contribution < 1.29 is 9.18 Å². The first-order valence-corrected chi connectivity index (χ1v) is 10.3. The Morgan fingerprint density at radius 2 is 1.59 bits per heavy atom. The van der Waals surface area contributed by atoms with Gasteiger partial charge in [0.1, 0.15) is 5.82 Å². The molecule has 0 radical (unpaired) electrons. The molecule has 1 atom stereocenters. The highest BCUT2D eigenvalue weighted by molar-refractivity contribution is 5.95. The van der Waals surface area contributed by atoms with E-state index in [1.807, 2.05) is 44.2 Å². The predicted molar refractivity (Wildman–Crippen MR) is 124 cm³/mol. The molecule has 4 rings (SSSR count). The molecule has 0 fully saturated rings. The van der Waals surface area contributed by atoms with E-state index >= 15 is 0 Å². The Morgan fingerprint density at radius 1 is 0.906 bits per heavy atom. The molecule has 0 saturated carbocycles. The summed E-state index contributed by atoms with van der Waals surface area (Å²) in [4.78, 5) is 21.4. The normalized spacial score (nSPS) is 11.6. The summed E-state index contributed by atoms with van der Waals surface area (Å²) in [6.07, 6.45) is 3.34. The minimum atomic E-state index is -0.287. The zero-order valence-corrected chi connectivity index (χ0v) is 17.8. The number of amides is 1. The fraction of sp³-hybridized carbons (Fsp3) is 0.115. The average Bonchev–Trinajstić information content (AvgIpc) is 2.81. The molecular formula is C26H23FN4O. The second kappa shape index (κ2) is 9.39. The van der Waals surface area contributed by atoms with Crippen molar-refractivity contribution in [1.29, 1.82) is 0 Å². The van der Waals surface area contributed by atoms with Crippen molar-refractivity contribution in [2.24, 2.45) is 0 Å². The predicted octanol–water partition coefficient (Wildman–Crippen LogP) is 5.83. The third kappa shape index (κ3) is 5.16. The van der Waals surface area contributed by atoms with Crippen molar-refractivity contribution in [1.82, 2.24) is 15.3 Å². The maximum Gasteiger partial charge on any atom is 0.251 e. The van der Waals surface area contributed by atoms with E-state index in [0.29, 0.717) is 17.2 Å². The highest BCUT2D eigenvalue weighted by Gasteiger charge is 2.12. The van der Waals surface area contributed by atoms with Gasteiger partial charge in [0.25, 0.3) is 5.91 Å². The molecule has 4 aromatic rings. The Labute approximate surface area is 186 Å². The van der Waals surface area contributed by atoms with Crippen molar-refractivity contribution in [3.8, 4) is 11.1 Å². The lowest BCUT2D eigenvalue weighted by Gasteiger charge is -2.15. The Kier molecular flexibility index (Phi) is 6.22. The smallest absolute Gasteiger partial charge is 0.251 e. The number of halogens is 1. The minimum absolute atomic E-state index is 0.109. The third-order valence-electron chi connectivity index (χ3n) is 5.14. The first kappa shape index (κ1) is 21.2. The standard InChI is InChI=1S/C26H23FN4O/c1-17-6-8-19(9-7-17)18(2)30-25(32)21-4-3-5-24(14-21)31-26-28-15-22(16-29-26)20-10-12-23(27)13-11-20/h3-16,18H,1-2H3,(H,30,32)(H,28,29,31)/t18-/m0/s1. The summed E-state index contributed by atoms with van der Waals surface area (Å²) in [5, 5.41) is 6.14. The molecular weight excluding hydrogens is 403 g/mol. The number of nitrogens with zero attached hydrogens (tertiary/aromatic N) is 2.